The van der Waals surface area contributed by atoms with Crippen LogP contribution in [0, 0.1) is 0 Å². The molecule has 3 rings (SSSR count). The Balaban J connectivity index is 1.82. The molecule has 1 aromatic heterocycles. The number of tetrazole rings is 1. The summed E-state index contributed by atoms with van der Waals surface area (Å²) in [6.45, 7) is 4.38. The molecule has 1 atom stereocenters. The average molecular weight is 339 g/mol. The van der Waals surface area contributed by atoms with Gasteiger partial charge in [-0.1, -0.05) is 18.2 Å². The first-order valence-electron chi connectivity index (χ1n) is 8.19. The average Bonchev–Trinajstić information content (AvgIpc) is 3.14. The SMILES string of the molecule is CCOc1ccc(NC(C)c2nnnn2-c2ccccc2)cc1CO. The molecule has 2 N–H and O–H groups in total. The summed E-state index contributed by atoms with van der Waals surface area (Å²) in [7, 11) is 0. The monoisotopic (exact) mass is 339 g/mol. The van der Waals surface area contributed by atoms with E-state index in [1.807, 2.05) is 62.4 Å². The van der Waals surface area contributed by atoms with Gasteiger partial charge in [0.25, 0.3) is 0 Å². The molecular formula is C18H21N5O2. The zero-order chi connectivity index (χ0) is 17.6. The van der Waals surface area contributed by atoms with Crippen molar-refractivity contribution in [1.29, 1.82) is 0 Å². The van der Waals surface area contributed by atoms with Gasteiger partial charge < -0.3 is 15.2 Å². The van der Waals surface area contributed by atoms with Crippen molar-refractivity contribution in [3.8, 4) is 11.4 Å². The van der Waals surface area contributed by atoms with Crippen LogP contribution < -0.4 is 10.1 Å². The van der Waals surface area contributed by atoms with Gasteiger partial charge in [0.1, 0.15) is 5.75 Å². The van der Waals surface area contributed by atoms with Crippen LogP contribution in [0.15, 0.2) is 48.5 Å². The molecule has 1 heterocycles. The maximum atomic E-state index is 9.54. The molecule has 7 heteroatoms. The Bertz CT molecular complexity index is 819. The molecule has 7 nitrogen and oxygen atoms in total. The minimum atomic E-state index is -0.125. The molecule has 0 aliphatic rings. The lowest BCUT2D eigenvalue weighted by molar-refractivity contribution is 0.267. The van der Waals surface area contributed by atoms with E-state index in [2.05, 4.69) is 20.8 Å². The first-order chi connectivity index (χ1) is 12.2. The first kappa shape index (κ1) is 16.9. The Hall–Kier alpha value is -2.93. The summed E-state index contributed by atoms with van der Waals surface area (Å²) < 4.78 is 7.22. The van der Waals surface area contributed by atoms with Crippen LogP contribution in [0.2, 0.25) is 0 Å². The summed E-state index contributed by atoms with van der Waals surface area (Å²) in [5, 5.41) is 24.9. The summed E-state index contributed by atoms with van der Waals surface area (Å²) in [5.74, 6) is 1.39. The van der Waals surface area contributed by atoms with Crippen LogP contribution in [0.25, 0.3) is 5.69 Å². The van der Waals surface area contributed by atoms with Gasteiger partial charge in [-0.2, -0.15) is 4.68 Å². The molecule has 130 valence electrons. The highest BCUT2D eigenvalue weighted by Gasteiger charge is 2.16. The van der Waals surface area contributed by atoms with Crippen LogP contribution in [0.5, 0.6) is 5.75 Å². The van der Waals surface area contributed by atoms with E-state index >= 15 is 0 Å². The van der Waals surface area contributed by atoms with Crippen molar-refractivity contribution < 1.29 is 9.84 Å². The smallest absolute Gasteiger partial charge is 0.178 e. The van der Waals surface area contributed by atoms with Crippen LogP contribution in [-0.2, 0) is 6.61 Å². The maximum absolute atomic E-state index is 9.54. The van der Waals surface area contributed by atoms with Gasteiger partial charge in [-0.25, -0.2) is 0 Å². The quantitative estimate of drug-likeness (QED) is 0.688. The summed E-state index contributed by atoms with van der Waals surface area (Å²) >= 11 is 0. The molecule has 0 saturated heterocycles. The van der Waals surface area contributed by atoms with Gasteiger partial charge in [0.2, 0.25) is 0 Å². The standard InChI is InChI=1S/C18H21N5O2/c1-3-25-17-10-9-15(11-14(17)12-24)19-13(2)18-20-21-22-23(18)16-7-5-4-6-8-16/h4-11,13,19,24H,3,12H2,1-2H3. The highest BCUT2D eigenvalue weighted by atomic mass is 16.5. The van der Waals surface area contributed by atoms with Crippen molar-refractivity contribution in [2.45, 2.75) is 26.5 Å². The van der Waals surface area contributed by atoms with Crippen LogP contribution in [-0.4, -0.2) is 31.9 Å². The third-order valence-corrected chi connectivity index (χ3v) is 3.80. The van der Waals surface area contributed by atoms with E-state index in [9.17, 15) is 5.11 Å². The van der Waals surface area contributed by atoms with E-state index in [1.165, 1.54) is 0 Å². The van der Waals surface area contributed by atoms with Gasteiger partial charge in [-0.15, -0.1) is 5.10 Å². The molecule has 1 unspecified atom stereocenters. The van der Waals surface area contributed by atoms with Gasteiger partial charge in [-0.05, 0) is 54.6 Å². The number of nitrogens with zero attached hydrogens (tertiary/aromatic N) is 4. The van der Waals surface area contributed by atoms with Crippen molar-refractivity contribution in [2.24, 2.45) is 0 Å². The van der Waals surface area contributed by atoms with Crippen molar-refractivity contribution in [3.63, 3.8) is 0 Å². The number of nitrogens with one attached hydrogen (secondary N) is 1. The number of aliphatic hydroxyl groups excluding tert-OH is 1. The van der Waals surface area contributed by atoms with E-state index in [1.54, 1.807) is 4.68 Å². The number of hydrogen-bond donors (Lipinski definition) is 2. The minimum Gasteiger partial charge on any atom is -0.494 e. The van der Waals surface area contributed by atoms with E-state index in [-0.39, 0.29) is 12.6 Å². The van der Waals surface area contributed by atoms with Crippen molar-refractivity contribution in [1.82, 2.24) is 20.2 Å². The van der Waals surface area contributed by atoms with Crippen molar-refractivity contribution in [3.05, 3.63) is 59.9 Å². The first-order valence-corrected chi connectivity index (χ1v) is 8.19. The number of benzene rings is 2. The molecule has 0 saturated carbocycles. The van der Waals surface area contributed by atoms with E-state index in [0.29, 0.717) is 18.2 Å². The molecule has 2 aromatic carbocycles. The lowest BCUT2D eigenvalue weighted by Gasteiger charge is -2.17. The molecule has 0 amide bonds. The molecule has 0 aliphatic carbocycles. The second kappa shape index (κ2) is 7.76. The highest BCUT2D eigenvalue weighted by Crippen LogP contribution is 2.26. The van der Waals surface area contributed by atoms with Crippen LogP contribution >= 0.6 is 0 Å². The molecule has 0 fully saturated rings. The van der Waals surface area contributed by atoms with Gasteiger partial charge in [0, 0.05) is 11.3 Å². The predicted octanol–water partition coefficient (Wildman–Crippen LogP) is 2.73. The lowest BCUT2D eigenvalue weighted by Crippen LogP contribution is -2.14. The fraction of sp³-hybridized carbons (Fsp3) is 0.278. The zero-order valence-electron chi connectivity index (χ0n) is 14.3. The number of hydrogen-bond acceptors (Lipinski definition) is 6. The highest BCUT2D eigenvalue weighted by molar-refractivity contribution is 5.52. The molecule has 3 aromatic rings. The predicted molar refractivity (Wildman–Crippen MR) is 94.7 cm³/mol. The van der Waals surface area contributed by atoms with Crippen LogP contribution in [0.3, 0.4) is 0 Å². The maximum Gasteiger partial charge on any atom is 0.178 e. The molecule has 0 radical (unpaired) electrons. The summed E-state index contributed by atoms with van der Waals surface area (Å²) in [6, 6.07) is 15.3. The van der Waals surface area contributed by atoms with E-state index in [4.69, 9.17) is 4.74 Å². The van der Waals surface area contributed by atoms with Crippen LogP contribution in [0.1, 0.15) is 31.3 Å². The molecule has 0 bridgehead atoms. The third-order valence-electron chi connectivity index (χ3n) is 3.80. The fourth-order valence-corrected chi connectivity index (χ4v) is 2.62. The van der Waals surface area contributed by atoms with Crippen LogP contribution in [0.4, 0.5) is 5.69 Å². The molecule has 0 spiro atoms. The lowest BCUT2D eigenvalue weighted by atomic mass is 10.1. The number of ether oxygens (including phenoxy) is 1. The van der Waals surface area contributed by atoms with Gasteiger partial charge in [0.05, 0.1) is 24.9 Å². The minimum absolute atomic E-state index is 0.0824. The zero-order valence-corrected chi connectivity index (χ0v) is 14.3. The second-order valence-electron chi connectivity index (χ2n) is 5.56. The Labute approximate surface area is 146 Å². The molecular weight excluding hydrogens is 318 g/mol. The third kappa shape index (κ3) is 3.77. The van der Waals surface area contributed by atoms with Crippen molar-refractivity contribution >= 4 is 5.69 Å². The summed E-state index contributed by atoms with van der Waals surface area (Å²) in [4.78, 5) is 0. The van der Waals surface area contributed by atoms with E-state index < -0.39 is 0 Å². The number of anilines is 1. The van der Waals surface area contributed by atoms with Gasteiger partial charge in [0.15, 0.2) is 5.82 Å². The number of aliphatic hydroxyl groups is 1. The number of aromatic nitrogens is 4. The number of rotatable bonds is 7. The number of para-hydroxylation sites is 1. The summed E-state index contributed by atoms with van der Waals surface area (Å²) in [5.41, 5.74) is 2.50. The fourth-order valence-electron chi connectivity index (χ4n) is 2.62. The topological polar surface area (TPSA) is 85.1 Å². The summed E-state index contributed by atoms with van der Waals surface area (Å²) in [6.07, 6.45) is 0. The van der Waals surface area contributed by atoms with Gasteiger partial charge in [-0.3, -0.25) is 0 Å². The largest absolute Gasteiger partial charge is 0.494 e. The Morgan fingerprint density at radius 2 is 2.00 bits per heavy atom. The van der Waals surface area contributed by atoms with Crippen molar-refractivity contribution in [2.75, 3.05) is 11.9 Å². The normalized spacial score (nSPS) is 12.0. The van der Waals surface area contributed by atoms with E-state index in [0.717, 1.165) is 16.9 Å². The Kier molecular flexibility index (Phi) is 5.25. The second-order valence-corrected chi connectivity index (χ2v) is 5.56. The Morgan fingerprint density at radius 3 is 2.72 bits per heavy atom. The van der Waals surface area contributed by atoms with Gasteiger partial charge >= 0.3 is 0 Å². The molecule has 25 heavy (non-hydrogen) atoms. The molecule has 0 aliphatic heterocycles. The Morgan fingerprint density at radius 1 is 1.20 bits per heavy atom.